The fourth-order valence-electron chi connectivity index (χ4n) is 2.10. The van der Waals surface area contributed by atoms with Crippen molar-refractivity contribution < 1.29 is 9.59 Å². The predicted octanol–water partition coefficient (Wildman–Crippen LogP) is 2.23. The molecule has 0 fully saturated rings. The van der Waals surface area contributed by atoms with E-state index in [2.05, 4.69) is 10.3 Å². The Balaban J connectivity index is 3.25. The molecule has 0 saturated heterocycles. The Kier molecular flexibility index (Phi) is 4.49. The van der Waals surface area contributed by atoms with E-state index in [-0.39, 0.29) is 11.7 Å². The number of aromatic nitrogens is 1. The van der Waals surface area contributed by atoms with Gasteiger partial charge in [-0.05, 0) is 32.8 Å². The van der Waals surface area contributed by atoms with E-state index in [0.717, 1.165) is 24.1 Å². The normalized spacial score (nSPS) is 10.4. The van der Waals surface area contributed by atoms with Gasteiger partial charge in [0.1, 0.15) is 5.69 Å². The van der Waals surface area contributed by atoms with Gasteiger partial charge in [-0.1, -0.05) is 13.3 Å². The molecule has 1 aromatic heterocycles. The zero-order chi connectivity index (χ0) is 13.0. The van der Waals surface area contributed by atoms with Gasteiger partial charge in [0, 0.05) is 17.8 Å². The minimum absolute atomic E-state index is 0.0118. The zero-order valence-electron chi connectivity index (χ0n) is 10.9. The van der Waals surface area contributed by atoms with Crippen molar-refractivity contribution in [1.29, 1.82) is 0 Å². The predicted molar refractivity (Wildman–Crippen MR) is 67.5 cm³/mol. The first kappa shape index (κ1) is 13.5. The van der Waals surface area contributed by atoms with Crippen LogP contribution in [0, 0.1) is 6.92 Å². The van der Waals surface area contributed by atoms with Crippen LogP contribution in [-0.2, 0) is 6.42 Å². The van der Waals surface area contributed by atoms with E-state index in [1.807, 2.05) is 20.8 Å². The van der Waals surface area contributed by atoms with Gasteiger partial charge in [-0.3, -0.25) is 9.59 Å². The van der Waals surface area contributed by atoms with Crippen molar-refractivity contribution in [3.63, 3.8) is 0 Å². The molecule has 0 atom stereocenters. The molecule has 0 bridgehead atoms. The number of H-pyrrole nitrogens is 1. The number of carbonyl (C=O) groups excluding carboxylic acids is 2. The fraction of sp³-hybridized carbons (Fsp3) is 0.538. The number of nitrogens with one attached hydrogen (secondary N) is 2. The lowest BCUT2D eigenvalue weighted by Crippen LogP contribution is -2.24. The van der Waals surface area contributed by atoms with Crippen molar-refractivity contribution in [2.24, 2.45) is 0 Å². The number of aryl methyl sites for hydroxylation is 1. The van der Waals surface area contributed by atoms with E-state index >= 15 is 0 Å². The van der Waals surface area contributed by atoms with Crippen LogP contribution in [0.5, 0.6) is 0 Å². The van der Waals surface area contributed by atoms with Crippen molar-refractivity contribution in [3.05, 3.63) is 22.5 Å². The summed E-state index contributed by atoms with van der Waals surface area (Å²) in [5.41, 5.74) is 2.84. The monoisotopic (exact) mass is 236 g/mol. The zero-order valence-corrected chi connectivity index (χ0v) is 10.9. The van der Waals surface area contributed by atoms with E-state index in [0.29, 0.717) is 17.8 Å². The minimum Gasteiger partial charge on any atom is -0.354 e. The Morgan fingerprint density at radius 2 is 1.94 bits per heavy atom. The molecule has 17 heavy (non-hydrogen) atoms. The van der Waals surface area contributed by atoms with Crippen LogP contribution >= 0.6 is 0 Å². The smallest absolute Gasteiger partial charge is 0.268 e. The van der Waals surface area contributed by atoms with Gasteiger partial charge >= 0.3 is 0 Å². The van der Waals surface area contributed by atoms with Crippen LogP contribution in [-0.4, -0.2) is 23.2 Å². The summed E-state index contributed by atoms with van der Waals surface area (Å²) in [5, 5.41) is 2.76. The molecule has 0 spiro atoms. The standard InChI is InChI=1S/C13H20N2O2/c1-5-7-10-11(9(4)16)8(3)15-12(10)13(17)14-6-2/h15H,5-7H2,1-4H3,(H,14,17). The lowest BCUT2D eigenvalue weighted by Gasteiger charge is -2.04. The molecule has 0 aromatic carbocycles. The third-order valence-electron chi connectivity index (χ3n) is 2.71. The van der Waals surface area contributed by atoms with Crippen LogP contribution in [0.2, 0.25) is 0 Å². The van der Waals surface area contributed by atoms with Crippen molar-refractivity contribution in [3.8, 4) is 0 Å². The Labute approximate surface area is 102 Å². The molecular formula is C13H20N2O2. The molecule has 1 rings (SSSR count). The Hall–Kier alpha value is -1.58. The maximum absolute atomic E-state index is 11.9. The molecule has 1 heterocycles. The Bertz CT molecular complexity index is 433. The molecule has 1 aromatic rings. The third-order valence-corrected chi connectivity index (χ3v) is 2.71. The first-order chi connectivity index (χ1) is 8.02. The summed E-state index contributed by atoms with van der Waals surface area (Å²) >= 11 is 0. The number of Topliss-reactive ketones (excluding diaryl/α,β-unsaturated/α-hetero) is 1. The number of ketones is 1. The molecule has 4 nitrogen and oxygen atoms in total. The molecule has 0 unspecified atom stereocenters. The number of aromatic amines is 1. The number of carbonyl (C=O) groups is 2. The maximum atomic E-state index is 11.9. The molecule has 0 aliphatic rings. The average molecular weight is 236 g/mol. The highest BCUT2D eigenvalue weighted by molar-refractivity contribution is 6.02. The second-order valence-electron chi connectivity index (χ2n) is 4.14. The van der Waals surface area contributed by atoms with Crippen LogP contribution in [0.4, 0.5) is 0 Å². The van der Waals surface area contributed by atoms with Crippen molar-refractivity contribution in [1.82, 2.24) is 10.3 Å². The molecule has 0 radical (unpaired) electrons. The van der Waals surface area contributed by atoms with Gasteiger partial charge in [-0.15, -0.1) is 0 Å². The molecular weight excluding hydrogens is 216 g/mol. The third kappa shape index (κ3) is 2.75. The Morgan fingerprint density at radius 3 is 2.41 bits per heavy atom. The highest BCUT2D eigenvalue weighted by Crippen LogP contribution is 2.21. The van der Waals surface area contributed by atoms with Crippen molar-refractivity contribution in [2.75, 3.05) is 6.54 Å². The van der Waals surface area contributed by atoms with E-state index in [1.54, 1.807) is 0 Å². The van der Waals surface area contributed by atoms with Gasteiger partial charge in [-0.2, -0.15) is 0 Å². The summed E-state index contributed by atoms with van der Waals surface area (Å²) < 4.78 is 0. The van der Waals surface area contributed by atoms with Gasteiger partial charge in [-0.25, -0.2) is 0 Å². The topological polar surface area (TPSA) is 62.0 Å². The van der Waals surface area contributed by atoms with Crippen LogP contribution in [0.1, 0.15) is 59.3 Å². The maximum Gasteiger partial charge on any atom is 0.268 e. The molecule has 1 amide bonds. The number of rotatable bonds is 5. The molecule has 94 valence electrons. The van der Waals surface area contributed by atoms with Crippen LogP contribution in [0.25, 0.3) is 0 Å². The number of hydrogen-bond donors (Lipinski definition) is 2. The van der Waals surface area contributed by atoms with E-state index in [1.165, 1.54) is 6.92 Å². The summed E-state index contributed by atoms with van der Waals surface area (Å²) in [7, 11) is 0. The molecule has 0 saturated carbocycles. The van der Waals surface area contributed by atoms with Crippen LogP contribution in [0.3, 0.4) is 0 Å². The lowest BCUT2D eigenvalue weighted by molar-refractivity contribution is 0.0950. The second-order valence-corrected chi connectivity index (χ2v) is 4.14. The minimum atomic E-state index is -0.133. The first-order valence-electron chi connectivity index (χ1n) is 6.03. The van der Waals surface area contributed by atoms with Crippen LogP contribution < -0.4 is 5.32 Å². The average Bonchev–Trinajstić information content (AvgIpc) is 2.56. The largest absolute Gasteiger partial charge is 0.354 e. The highest BCUT2D eigenvalue weighted by Gasteiger charge is 2.21. The van der Waals surface area contributed by atoms with Crippen molar-refractivity contribution >= 4 is 11.7 Å². The highest BCUT2D eigenvalue weighted by atomic mass is 16.2. The van der Waals surface area contributed by atoms with Crippen molar-refractivity contribution in [2.45, 2.75) is 40.5 Å². The lowest BCUT2D eigenvalue weighted by atomic mass is 10.0. The summed E-state index contributed by atoms with van der Waals surface area (Å²) in [6.07, 6.45) is 1.65. The number of hydrogen-bond acceptors (Lipinski definition) is 2. The SMILES string of the molecule is CCCc1c(C(=O)NCC)[nH]c(C)c1C(C)=O. The van der Waals surface area contributed by atoms with Gasteiger partial charge < -0.3 is 10.3 Å². The molecule has 0 aliphatic heterocycles. The van der Waals surface area contributed by atoms with E-state index in [4.69, 9.17) is 0 Å². The molecule has 2 N–H and O–H groups in total. The summed E-state index contributed by atoms with van der Waals surface area (Å²) in [5.74, 6) is -0.121. The number of amides is 1. The first-order valence-corrected chi connectivity index (χ1v) is 6.03. The van der Waals surface area contributed by atoms with E-state index in [9.17, 15) is 9.59 Å². The quantitative estimate of drug-likeness (QED) is 0.770. The van der Waals surface area contributed by atoms with Crippen LogP contribution in [0.15, 0.2) is 0 Å². The van der Waals surface area contributed by atoms with Gasteiger partial charge in [0.05, 0.1) is 0 Å². The Morgan fingerprint density at radius 1 is 1.29 bits per heavy atom. The second kappa shape index (κ2) is 5.66. The molecule has 0 aliphatic carbocycles. The van der Waals surface area contributed by atoms with Gasteiger partial charge in [0.15, 0.2) is 5.78 Å². The summed E-state index contributed by atoms with van der Waals surface area (Å²) in [6.45, 7) is 7.86. The van der Waals surface area contributed by atoms with Gasteiger partial charge in [0.2, 0.25) is 0 Å². The van der Waals surface area contributed by atoms with E-state index < -0.39 is 0 Å². The molecule has 4 heteroatoms. The summed E-state index contributed by atoms with van der Waals surface area (Å²) in [4.78, 5) is 26.5. The summed E-state index contributed by atoms with van der Waals surface area (Å²) in [6, 6.07) is 0. The van der Waals surface area contributed by atoms with Gasteiger partial charge in [0.25, 0.3) is 5.91 Å². The fourth-order valence-corrected chi connectivity index (χ4v) is 2.10.